The smallest absolute Gasteiger partial charge is 0.303 e. The zero-order valence-corrected chi connectivity index (χ0v) is 16.7. The summed E-state index contributed by atoms with van der Waals surface area (Å²) < 4.78 is 16.6. The standard InChI is InChI=1S/C23H25NO5/c1-27-18-12-8-16(9-13-18)22-23(17-10-14-19(28-2)15-11-17)29-20(24-22)6-4-3-5-7-21(25)26/h8-15H,3-7H2,1-2H3,(H,25,26). The number of hydrogen-bond acceptors (Lipinski definition) is 5. The summed E-state index contributed by atoms with van der Waals surface area (Å²) in [5.74, 6) is 2.15. The fourth-order valence-electron chi connectivity index (χ4n) is 3.08. The maximum Gasteiger partial charge on any atom is 0.303 e. The lowest BCUT2D eigenvalue weighted by Gasteiger charge is -2.04. The van der Waals surface area contributed by atoms with Crippen molar-refractivity contribution in [2.24, 2.45) is 0 Å². The second-order valence-corrected chi connectivity index (χ2v) is 6.70. The molecule has 3 rings (SSSR count). The summed E-state index contributed by atoms with van der Waals surface area (Å²) in [6, 6.07) is 15.4. The normalized spacial score (nSPS) is 10.7. The second kappa shape index (κ2) is 9.78. The van der Waals surface area contributed by atoms with Gasteiger partial charge in [0.25, 0.3) is 0 Å². The lowest BCUT2D eigenvalue weighted by Crippen LogP contribution is -1.94. The molecule has 0 atom stereocenters. The minimum Gasteiger partial charge on any atom is -0.497 e. The SMILES string of the molecule is COc1ccc(-c2nc(CCCCCC(=O)O)oc2-c2ccc(OC)cc2)cc1. The number of benzene rings is 2. The zero-order chi connectivity index (χ0) is 20.6. The van der Waals surface area contributed by atoms with Crippen molar-refractivity contribution in [3.8, 4) is 34.1 Å². The van der Waals surface area contributed by atoms with Gasteiger partial charge in [0, 0.05) is 24.0 Å². The Bertz CT molecular complexity index is 864. The summed E-state index contributed by atoms with van der Waals surface area (Å²) in [5, 5.41) is 8.75. The third-order valence-electron chi connectivity index (χ3n) is 4.67. The van der Waals surface area contributed by atoms with Gasteiger partial charge < -0.3 is 19.0 Å². The van der Waals surface area contributed by atoms with Gasteiger partial charge in [-0.25, -0.2) is 4.98 Å². The number of carboxylic acids is 1. The second-order valence-electron chi connectivity index (χ2n) is 6.70. The van der Waals surface area contributed by atoms with Crippen LogP contribution in [0.2, 0.25) is 0 Å². The van der Waals surface area contributed by atoms with Gasteiger partial charge in [-0.3, -0.25) is 4.79 Å². The Hall–Kier alpha value is -3.28. The van der Waals surface area contributed by atoms with Crippen molar-refractivity contribution in [2.45, 2.75) is 32.1 Å². The molecule has 29 heavy (non-hydrogen) atoms. The topological polar surface area (TPSA) is 81.8 Å². The lowest BCUT2D eigenvalue weighted by atomic mass is 10.1. The Morgan fingerprint density at radius 3 is 2.03 bits per heavy atom. The number of nitrogens with zero attached hydrogens (tertiary/aromatic N) is 1. The molecule has 0 fully saturated rings. The van der Waals surface area contributed by atoms with Crippen LogP contribution in [0.1, 0.15) is 31.6 Å². The van der Waals surface area contributed by atoms with Crippen molar-refractivity contribution in [1.29, 1.82) is 0 Å². The Morgan fingerprint density at radius 1 is 0.897 bits per heavy atom. The molecule has 0 radical (unpaired) electrons. The van der Waals surface area contributed by atoms with E-state index in [1.54, 1.807) is 14.2 Å². The van der Waals surface area contributed by atoms with Gasteiger partial charge in [0.05, 0.1) is 14.2 Å². The maximum absolute atomic E-state index is 10.6. The van der Waals surface area contributed by atoms with Gasteiger partial charge in [0.2, 0.25) is 0 Å². The number of carbonyl (C=O) groups is 1. The van der Waals surface area contributed by atoms with Gasteiger partial charge in [-0.05, 0) is 61.4 Å². The number of aryl methyl sites for hydroxylation is 1. The Labute approximate surface area is 170 Å². The van der Waals surface area contributed by atoms with E-state index in [-0.39, 0.29) is 6.42 Å². The van der Waals surface area contributed by atoms with Gasteiger partial charge in [-0.15, -0.1) is 0 Å². The Kier molecular flexibility index (Phi) is 6.89. The molecule has 6 heteroatoms. The molecule has 152 valence electrons. The molecule has 0 unspecified atom stereocenters. The highest BCUT2D eigenvalue weighted by atomic mass is 16.5. The van der Waals surface area contributed by atoms with Crippen LogP contribution in [0.3, 0.4) is 0 Å². The van der Waals surface area contributed by atoms with Gasteiger partial charge in [0.15, 0.2) is 11.7 Å². The molecule has 0 aliphatic heterocycles. The highest BCUT2D eigenvalue weighted by Gasteiger charge is 2.17. The van der Waals surface area contributed by atoms with Crippen LogP contribution < -0.4 is 9.47 Å². The number of unbranched alkanes of at least 4 members (excludes halogenated alkanes) is 2. The number of methoxy groups -OCH3 is 2. The predicted octanol–water partition coefficient (Wildman–Crippen LogP) is 5.21. The first-order chi connectivity index (χ1) is 14.1. The monoisotopic (exact) mass is 395 g/mol. The molecular formula is C23H25NO5. The molecule has 1 N–H and O–H groups in total. The number of carboxylic acid groups (broad SMARTS) is 1. The molecule has 1 heterocycles. The van der Waals surface area contributed by atoms with E-state index in [9.17, 15) is 4.79 Å². The third kappa shape index (κ3) is 5.38. The number of aromatic nitrogens is 1. The molecule has 0 saturated carbocycles. The van der Waals surface area contributed by atoms with E-state index in [0.29, 0.717) is 24.5 Å². The third-order valence-corrected chi connectivity index (χ3v) is 4.67. The summed E-state index contributed by atoms with van der Waals surface area (Å²) in [7, 11) is 3.27. The first kappa shape index (κ1) is 20.5. The quantitative estimate of drug-likeness (QED) is 0.474. The van der Waals surface area contributed by atoms with Gasteiger partial charge >= 0.3 is 5.97 Å². The van der Waals surface area contributed by atoms with Gasteiger partial charge in [0.1, 0.15) is 17.2 Å². The maximum atomic E-state index is 10.6. The molecule has 0 aliphatic rings. The van der Waals surface area contributed by atoms with Crippen molar-refractivity contribution in [3.05, 3.63) is 54.4 Å². The van der Waals surface area contributed by atoms with Crippen LogP contribution in [0.25, 0.3) is 22.6 Å². The van der Waals surface area contributed by atoms with E-state index in [1.807, 2.05) is 48.5 Å². The van der Waals surface area contributed by atoms with Crippen LogP contribution >= 0.6 is 0 Å². The summed E-state index contributed by atoms with van der Waals surface area (Å²) >= 11 is 0. The van der Waals surface area contributed by atoms with Crippen LogP contribution in [-0.2, 0) is 11.2 Å². The highest BCUT2D eigenvalue weighted by molar-refractivity contribution is 5.77. The number of ether oxygens (including phenoxy) is 2. The molecule has 6 nitrogen and oxygen atoms in total. The van der Waals surface area contributed by atoms with E-state index >= 15 is 0 Å². The molecule has 0 bridgehead atoms. The van der Waals surface area contributed by atoms with Crippen LogP contribution in [0.4, 0.5) is 0 Å². The molecule has 2 aromatic carbocycles. The number of rotatable bonds is 10. The average Bonchev–Trinajstić information content (AvgIpc) is 3.17. The minimum atomic E-state index is -0.760. The molecule has 0 aliphatic carbocycles. The number of oxazole rings is 1. The minimum absolute atomic E-state index is 0.194. The summed E-state index contributed by atoms with van der Waals surface area (Å²) in [6.07, 6.45) is 3.17. The van der Waals surface area contributed by atoms with E-state index in [4.69, 9.17) is 24.0 Å². The highest BCUT2D eigenvalue weighted by Crippen LogP contribution is 2.34. The fraction of sp³-hybridized carbons (Fsp3) is 0.304. The zero-order valence-electron chi connectivity index (χ0n) is 16.7. The van der Waals surface area contributed by atoms with E-state index in [1.165, 1.54) is 0 Å². The lowest BCUT2D eigenvalue weighted by molar-refractivity contribution is -0.137. The van der Waals surface area contributed by atoms with Crippen molar-refractivity contribution in [2.75, 3.05) is 14.2 Å². The molecule has 0 spiro atoms. The number of hydrogen-bond donors (Lipinski definition) is 1. The van der Waals surface area contributed by atoms with Gasteiger partial charge in [-0.2, -0.15) is 0 Å². The van der Waals surface area contributed by atoms with Crippen molar-refractivity contribution >= 4 is 5.97 Å². The number of aliphatic carboxylic acids is 1. The van der Waals surface area contributed by atoms with Crippen LogP contribution in [0.5, 0.6) is 11.5 Å². The van der Waals surface area contributed by atoms with E-state index < -0.39 is 5.97 Å². The molecular weight excluding hydrogens is 370 g/mol. The van der Waals surface area contributed by atoms with Crippen LogP contribution in [-0.4, -0.2) is 30.3 Å². The molecule has 1 aromatic heterocycles. The van der Waals surface area contributed by atoms with Crippen molar-refractivity contribution < 1.29 is 23.8 Å². The van der Waals surface area contributed by atoms with Crippen LogP contribution in [0, 0.1) is 0 Å². The first-order valence-electron chi connectivity index (χ1n) is 9.61. The predicted molar refractivity (Wildman–Crippen MR) is 110 cm³/mol. The largest absolute Gasteiger partial charge is 0.497 e. The first-order valence-corrected chi connectivity index (χ1v) is 9.61. The summed E-state index contributed by atoms with van der Waals surface area (Å²) in [4.78, 5) is 15.4. The van der Waals surface area contributed by atoms with E-state index in [0.717, 1.165) is 41.2 Å². The van der Waals surface area contributed by atoms with Crippen molar-refractivity contribution in [3.63, 3.8) is 0 Å². The van der Waals surface area contributed by atoms with E-state index in [2.05, 4.69) is 0 Å². The van der Waals surface area contributed by atoms with Crippen molar-refractivity contribution in [1.82, 2.24) is 4.98 Å². The molecule has 0 amide bonds. The molecule has 3 aromatic rings. The summed E-state index contributed by atoms with van der Waals surface area (Å²) in [5.41, 5.74) is 2.64. The van der Waals surface area contributed by atoms with Crippen LogP contribution in [0.15, 0.2) is 52.9 Å². The van der Waals surface area contributed by atoms with Gasteiger partial charge in [-0.1, -0.05) is 6.42 Å². The molecule has 0 saturated heterocycles. The summed E-state index contributed by atoms with van der Waals surface area (Å²) in [6.45, 7) is 0. The Balaban J connectivity index is 1.84. The average molecular weight is 395 g/mol. The fourth-order valence-corrected chi connectivity index (χ4v) is 3.08. The Morgan fingerprint density at radius 2 is 1.48 bits per heavy atom.